The molecule has 20 heavy (non-hydrogen) atoms. The summed E-state index contributed by atoms with van der Waals surface area (Å²) in [4.78, 5) is 0. The normalized spacial score (nSPS) is 12.8. The highest BCUT2D eigenvalue weighted by Crippen LogP contribution is 2.33. The van der Waals surface area contributed by atoms with Gasteiger partial charge in [-0.25, -0.2) is 0 Å². The van der Waals surface area contributed by atoms with Gasteiger partial charge in [-0.1, -0.05) is 53.0 Å². The predicted molar refractivity (Wildman–Crippen MR) is 83.4 cm³/mol. The Morgan fingerprint density at radius 3 is 2.45 bits per heavy atom. The second kappa shape index (κ2) is 5.13. The highest BCUT2D eigenvalue weighted by molar-refractivity contribution is 6.38. The van der Waals surface area contributed by atoms with Gasteiger partial charge in [-0.3, -0.25) is 0 Å². The van der Waals surface area contributed by atoms with Crippen LogP contribution >= 0.6 is 23.2 Å². The number of rotatable bonds is 2. The summed E-state index contributed by atoms with van der Waals surface area (Å²) < 4.78 is 5.78. The lowest BCUT2D eigenvalue weighted by molar-refractivity contribution is 0.525. The standard InChI is InChI=1S/C16H13Cl2NO/c1-9-2-4-10(5-3-9)15(19)14-7-11-6-12(17)8-13(18)16(11)20-14/h2-8,15H,19H2,1H3. The van der Waals surface area contributed by atoms with Crippen LogP contribution in [-0.4, -0.2) is 0 Å². The summed E-state index contributed by atoms with van der Waals surface area (Å²) in [7, 11) is 0. The van der Waals surface area contributed by atoms with E-state index in [0.717, 1.165) is 10.9 Å². The summed E-state index contributed by atoms with van der Waals surface area (Å²) in [6, 6.07) is 13.1. The Kier molecular flexibility index (Phi) is 3.47. The second-order valence-electron chi connectivity index (χ2n) is 4.84. The molecular formula is C16H13Cl2NO. The molecule has 1 atom stereocenters. The topological polar surface area (TPSA) is 39.2 Å². The van der Waals surface area contributed by atoms with E-state index in [0.29, 0.717) is 21.4 Å². The molecule has 2 nitrogen and oxygen atoms in total. The molecule has 3 aromatic rings. The van der Waals surface area contributed by atoms with Gasteiger partial charge in [0.2, 0.25) is 0 Å². The molecular weight excluding hydrogens is 293 g/mol. The van der Waals surface area contributed by atoms with Crippen LogP contribution in [0, 0.1) is 6.92 Å². The Bertz CT molecular complexity index is 762. The predicted octanol–water partition coefficient (Wildman–Crippen LogP) is 5.10. The van der Waals surface area contributed by atoms with Crippen molar-refractivity contribution in [1.29, 1.82) is 0 Å². The van der Waals surface area contributed by atoms with E-state index in [1.165, 1.54) is 5.56 Å². The first-order valence-electron chi connectivity index (χ1n) is 6.25. The van der Waals surface area contributed by atoms with Crippen LogP contribution in [0.1, 0.15) is 22.9 Å². The van der Waals surface area contributed by atoms with Crippen molar-refractivity contribution in [3.63, 3.8) is 0 Å². The minimum atomic E-state index is -0.321. The highest BCUT2D eigenvalue weighted by Gasteiger charge is 2.16. The molecule has 2 N–H and O–H groups in total. The fourth-order valence-electron chi connectivity index (χ4n) is 2.19. The van der Waals surface area contributed by atoms with Crippen LogP contribution in [-0.2, 0) is 0 Å². The molecule has 0 saturated carbocycles. The maximum atomic E-state index is 6.25. The number of furan rings is 1. The van der Waals surface area contributed by atoms with Crippen LogP contribution in [0.4, 0.5) is 0 Å². The van der Waals surface area contributed by atoms with E-state index < -0.39 is 0 Å². The molecule has 0 saturated heterocycles. The lowest BCUT2D eigenvalue weighted by atomic mass is 10.0. The average Bonchev–Trinajstić information content (AvgIpc) is 2.83. The summed E-state index contributed by atoms with van der Waals surface area (Å²) in [5, 5.41) is 1.94. The number of fused-ring (bicyclic) bond motifs is 1. The van der Waals surface area contributed by atoms with E-state index in [9.17, 15) is 0 Å². The van der Waals surface area contributed by atoms with Gasteiger partial charge in [0.1, 0.15) is 5.76 Å². The second-order valence-corrected chi connectivity index (χ2v) is 5.69. The maximum absolute atomic E-state index is 6.25. The summed E-state index contributed by atoms with van der Waals surface area (Å²) in [5.74, 6) is 0.674. The Morgan fingerprint density at radius 2 is 1.75 bits per heavy atom. The molecule has 102 valence electrons. The number of halogens is 2. The van der Waals surface area contributed by atoms with E-state index in [2.05, 4.69) is 0 Å². The maximum Gasteiger partial charge on any atom is 0.153 e. The smallest absolute Gasteiger partial charge is 0.153 e. The molecule has 1 heterocycles. The third-order valence-corrected chi connectivity index (χ3v) is 3.80. The van der Waals surface area contributed by atoms with Gasteiger partial charge in [-0.2, -0.15) is 0 Å². The number of aryl methyl sites for hydroxylation is 1. The zero-order chi connectivity index (χ0) is 14.3. The quantitative estimate of drug-likeness (QED) is 0.715. The van der Waals surface area contributed by atoms with Gasteiger partial charge in [-0.15, -0.1) is 0 Å². The zero-order valence-corrected chi connectivity index (χ0v) is 12.4. The van der Waals surface area contributed by atoms with Crippen LogP contribution in [0.15, 0.2) is 46.9 Å². The lowest BCUT2D eigenvalue weighted by Gasteiger charge is -2.09. The molecule has 0 bridgehead atoms. The van der Waals surface area contributed by atoms with Gasteiger partial charge in [0.25, 0.3) is 0 Å². The first-order valence-corrected chi connectivity index (χ1v) is 7.01. The van der Waals surface area contributed by atoms with E-state index in [-0.39, 0.29) is 6.04 Å². The number of hydrogen-bond donors (Lipinski definition) is 1. The van der Waals surface area contributed by atoms with Crippen LogP contribution in [0.25, 0.3) is 11.0 Å². The molecule has 0 fully saturated rings. The van der Waals surface area contributed by atoms with Crippen molar-refractivity contribution in [1.82, 2.24) is 0 Å². The molecule has 0 aliphatic rings. The van der Waals surface area contributed by atoms with Gasteiger partial charge in [0, 0.05) is 10.4 Å². The average molecular weight is 306 g/mol. The molecule has 0 amide bonds. The molecule has 3 rings (SSSR count). The van der Waals surface area contributed by atoms with E-state index >= 15 is 0 Å². The van der Waals surface area contributed by atoms with Crippen molar-refractivity contribution in [2.24, 2.45) is 5.73 Å². The third kappa shape index (κ3) is 2.42. The van der Waals surface area contributed by atoms with Crippen LogP contribution in [0.3, 0.4) is 0 Å². The van der Waals surface area contributed by atoms with E-state index in [4.69, 9.17) is 33.4 Å². The van der Waals surface area contributed by atoms with Crippen molar-refractivity contribution in [3.05, 3.63) is 69.4 Å². The highest BCUT2D eigenvalue weighted by atomic mass is 35.5. The fourth-order valence-corrected chi connectivity index (χ4v) is 2.73. The van der Waals surface area contributed by atoms with Gasteiger partial charge in [-0.05, 0) is 30.7 Å². The summed E-state index contributed by atoms with van der Waals surface area (Å²) in [6.07, 6.45) is 0. The van der Waals surface area contributed by atoms with Gasteiger partial charge in [0.15, 0.2) is 5.58 Å². The van der Waals surface area contributed by atoms with Crippen molar-refractivity contribution in [2.45, 2.75) is 13.0 Å². The minimum absolute atomic E-state index is 0.321. The zero-order valence-electron chi connectivity index (χ0n) is 10.9. The Labute approximate surface area is 127 Å². The molecule has 0 spiro atoms. The summed E-state index contributed by atoms with van der Waals surface area (Å²) in [6.45, 7) is 2.04. The number of nitrogens with two attached hydrogens (primary N) is 1. The van der Waals surface area contributed by atoms with Gasteiger partial charge >= 0.3 is 0 Å². The first kappa shape index (κ1) is 13.5. The largest absolute Gasteiger partial charge is 0.457 e. The van der Waals surface area contributed by atoms with E-state index in [1.807, 2.05) is 43.3 Å². The Morgan fingerprint density at radius 1 is 1.05 bits per heavy atom. The SMILES string of the molecule is Cc1ccc(C(N)c2cc3cc(Cl)cc(Cl)c3o2)cc1. The van der Waals surface area contributed by atoms with Crippen molar-refractivity contribution in [2.75, 3.05) is 0 Å². The van der Waals surface area contributed by atoms with Crippen molar-refractivity contribution in [3.8, 4) is 0 Å². The molecule has 0 aliphatic carbocycles. The van der Waals surface area contributed by atoms with Crippen LogP contribution in [0.2, 0.25) is 10.0 Å². The van der Waals surface area contributed by atoms with Crippen LogP contribution < -0.4 is 5.73 Å². The molecule has 1 unspecified atom stereocenters. The summed E-state index contributed by atoms with van der Waals surface area (Å²) >= 11 is 12.1. The van der Waals surface area contributed by atoms with E-state index in [1.54, 1.807) is 6.07 Å². The third-order valence-electron chi connectivity index (χ3n) is 3.30. The first-order chi connectivity index (χ1) is 9.54. The number of benzene rings is 2. The number of hydrogen-bond acceptors (Lipinski definition) is 2. The minimum Gasteiger partial charge on any atom is -0.457 e. The van der Waals surface area contributed by atoms with Gasteiger partial charge < -0.3 is 10.2 Å². The van der Waals surface area contributed by atoms with Crippen LogP contribution in [0.5, 0.6) is 0 Å². The molecule has 1 aromatic heterocycles. The Balaban J connectivity index is 2.05. The van der Waals surface area contributed by atoms with Gasteiger partial charge in [0.05, 0.1) is 11.1 Å². The lowest BCUT2D eigenvalue weighted by Crippen LogP contribution is -2.10. The molecule has 0 aliphatic heterocycles. The molecule has 2 aromatic carbocycles. The Hall–Kier alpha value is -1.48. The fraction of sp³-hybridized carbons (Fsp3) is 0.125. The monoisotopic (exact) mass is 305 g/mol. The summed E-state index contributed by atoms with van der Waals surface area (Å²) in [5.41, 5.74) is 9.06. The molecule has 4 heteroatoms. The van der Waals surface area contributed by atoms with Crippen molar-refractivity contribution < 1.29 is 4.42 Å². The molecule has 0 radical (unpaired) electrons. The van der Waals surface area contributed by atoms with Crippen molar-refractivity contribution >= 4 is 34.2 Å².